The maximum absolute atomic E-state index is 5.93. The van der Waals surface area contributed by atoms with Gasteiger partial charge >= 0.3 is 0 Å². The lowest BCUT2D eigenvalue weighted by Crippen LogP contribution is -2.39. The molecule has 6 nitrogen and oxygen atoms in total. The zero-order valence-corrected chi connectivity index (χ0v) is 14.8. The van der Waals surface area contributed by atoms with Gasteiger partial charge in [-0.15, -0.1) is 0 Å². The molecule has 0 unspecified atom stereocenters. The summed E-state index contributed by atoms with van der Waals surface area (Å²) in [5.41, 5.74) is 1.28. The molecule has 1 saturated heterocycles. The third-order valence-corrected chi connectivity index (χ3v) is 5.01. The number of nitrogens with one attached hydrogen (secondary N) is 1. The molecule has 1 fully saturated rings. The molecule has 2 aliphatic heterocycles. The van der Waals surface area contributed by atoms with Crippen molar-refractivity contribution < 1.29 is 14.2 Å². The molecule has 0 spiro atoms. The fourth-order valence-electron chi connectivity index (χ4n) is 3.59. The first-order valence-corrected chi connectivity index (χ1v) is 8.94. The van der Waals surface area contributed by atoms with Crippen LogP contribution in [0.3, 0.4) is 0 Å². The van der Waals surface area contributed by atoms with E-state index in [4.69, 9.17) is 14.2 Å². The number of nitrogens with zero attached hydrogens (tertiary/aromatic N) is 2. The number of benzene rings is 1. The van der Waals surface area contributed by atoms with Crippen molar-refractivity contribution in [2.45, 2.75) is 44.4 Å². The van der Waals surface area contributed by atoms with Gasteiger partial charge in [-0.05, 0) is 43.9 Å². The predicted molar refractivity (Wildman–Crippen MR) is 93.8 cm³/mol. The van der Waals surface area contributed by atoms with Gasteiger partial charge in [-0.1, -0.05) is 6.07 Å². The second kappa shape index (κ2) is 7.06. The highest BCUT2D eigenvalue weighted by Crippen LogP contribution is 2.33. The zero-order chi connectivity index (χ0) is 17.2. The van der Waals surface area contributed by atoms with Crippen molar-refractivity contribution in [1.82, 2.24) is 14.9 Å². The van der Waals surface area contributed by atoms with Crippen LogP contribution in [0.25, 0.3) is 0 Å². The van der Waals surface area contributed by atoms with E-state index in [0.717, 1.165) is 43.2 Å². The first-order valence-electron chi connectivity index (χ1n) is 8.94. The second-order valence-corrected chi connectivity index (χ2v) is 6.88. The summed E-state index contributed by atoms with van der Waals surface area (Å²) < 4.78 is 18.8. The molecule has 1 aromatic heterocycles. The monoisotopic (exact) mass is 343 g/mol. The van der Waals surface area contributed by atoms with Crippen LogP contribution < -0.4 is 14.8 Å². The Morgan fingerprint density at radius 2 is 2.20 bits per heavy atom. The van der Waals surface area contributed by atoms with Crippen LogP contribution in [0.1, 0.15) is 37.3 Å². The van der Waals surface area contributed by atoms with Crippen molar-refractivity contribution in [2.24, 2.45) is 7.05 Å². The van der Waals surface area contributed by atoms with Crippen molar-refractivity contribution in [3.05, 3.63) is 42.0 Å². The van der Waals surface area contributed by atoms with Crippen molar-refractivity contribution in [2.75, 3.05) is 13.4 Å². The van der Waals surface area contributed by atoms with Gasteiger partial charge in [0, 0.05) is 38.1 Å². The Morgan fingerprint density at radius 1 is 1.32 bits per heavy atom. The van der Waals surface area contributed by atoms with Gasteiger partial charge in [-0.2, -0.15) is 0 Å². The van der Waals surface area contributed by atoms with Crippen molar-refractivity contribution in [3.8, 4) is 11.5 Å². The fraction of sp³-hybridized carbons (Fsp3) is 0.526. The quantitative estimate of drug-likeness (QED) is 0.874. The van der Waals surface area contributed by atoms with Crippen LogP contribution in [0.5, 0.6) is 11.5 Å². The van der Waals surface area contributed by atoms with Crippen molar-refractivity contribution in [1.29, 1.82) is 0 Å². The lowest BCUT2D eigenvalue weighted by atomic mass is 10.0. The van der Waals surface area contributed by atoms with Crippen LogP contribution >= 0.6 is 0 Å². The van der Waals surface area contributed by atoms with Crippen LogP contribution in [-0.2, 0) is 18.2 Å². The Morgan fingerprint density at radius 3 is 3.04 bits per heavy atom. The van der Waals surface area contributed by atoms with E-state index < -0.39 is 0 Å². The highest BCUT2D eigenvalue weighted by atomic mass is 16.7. The van der Waals surface area contributed by atoms with E-state index in [-0.39, 0.29) is 6.10 Å². The number of hydrogen-bond donors (Lipinski definition) is 1. The number of ether oxygens (including phenoxy) is 3. The van der Waals surface area contributed by atoms with Gasteiger partial charge in [0.2, 0.25) is 6.79 Å². The van der Waals surface area contributed by atoms with E-state index in [1.807, 2.05) is 30.1 Å². The molecular formula is C19H25N3O3. The summed E-state index contributed by atoms with van der Waals surface area (Å²) in [4.78, 5) is 4.45. The van der Waals surface area contributed by atoms with Gasteiger partial charge in [-0.25, -0.2) is 4.98 Å². The minimum absolute atomic E-state index is 0.0352. The summed E-state index contributed by atoms with van der Waals surface area (Å²) in [7, 11) is 2.02. The Kier molecular flexibility index (Phi) is 4.63. The average Bonchev–Trinajstić information content (AvgIpc) is 3.33. The maximum Gasteiger partial charge on any atom is 0.231 e. The van der Waals surface area contributed by atoms with Gasteiger partial charge in [0.05, 0.1) is 0 Å². The van der Waals surface area contributed by atoms with Crippen LogP contribution in [0.2, 0.25) is 0 Å². The Balaban J connectivity index is 1.32. The van der Waals surface area contributed by atoms with E-state index in [2.05, 4.69) is 29.4 Å². The van der Waals surface area contributed by atoms with E-state index in [9.17, 15) is 0 Å². The van der Waals surface area contributed by atoms with Crippen LogP contribution in [0, 0.1) is 0 Å². The Hall–Kier alpha value is -2.05. The van der Waals surface area contributed by atoms with E-state index in [1.165, 1.54) is 5.56 Å². The highest BCUT2D eigenvalue weighted by molar-refractivity contribution is 5.44. The lowest BCUT2D eigenvalue weighted by Gasteiger charge is -2.24. The van der Waals surface area contributed by atoms with Gasteiger partial charge in [-0.3, -0.25) is 0 Å². The number of hydrogen-bond acceptors (Lipinski definition) is 5. The molecule has 0 radical (unpaired) electrons. The Bertz CT molecular complexity index is 730. The minimum atomic E-state index is 0.0352. The van der Waals surface area contributed by atoms with Gasteiger partial charge < -0.3 is 24.1 Å². The molecule has 1 N–H and O–H groups in total. The minimum Gasteiger partial charge on any atom is -0.454 e. The molecular weight excluding hydrogens is 318 g/mol. The summed E-state index contributed by atoms with van der Waals surface area (Å²) in [6, 6.07) is 6.92. The molecule has 2 aromatic rings. The molecule has 0 bridgehead atoms. The van der Waals surface area contributed by atoms with E-state index in [0.29, 0.717) is 18.9 Å². The van der Waals surface area contributed by atoms with Crippen molar-refractivity contribution >= 4 is 0 Å². The fourth-order valence-corrected chi connectivity index (χ4v) is 3.59. The summed E-state index contributed by atoms with van der Waals surface area (Å²) in [5.74, 6) is 2.70. The maximum atomic E-state index is 5.93. The molecule has 0 aliphatic carbocycles. The standard InChI is InChI=1S/C19H25N3O3/c1-13(3-4-14-5-6-16-17(11-14)25-12-24-16)21-15-7-10-23-18(15)19-20-8-9-22(19)2/h5-6,8-9,11,13,15,18,21H,3-4,7,10,12H2,1-2H3/t13-,15+,18+/m1/s1. The molecule has 3 atom stereocenters. The van der Waals surface area contributed by atoms with Crippen LogP contribution in [0.15, 0.2) is 30.6 Å². The molecule has 0 amide bonds. The zero-order valence-electron chi connectivity index (χ0n) is 14.8. The first kappa shape index (κ1) is 16.4. The topological polar surface area (TPSA) is 57.5 Å². The molecule has 4 rings (SSSR count). The molecule has 1 aromatic carbocycles. The summed E-state index contributed by atoms with van der Waals surface area (Å²) in [6.07, 6.45) is 6.92. The van der Waals surface area contributed by atoms with Crippen LogP contribution in [-0.4, -0.2) is 35.0 Å². The molecule has 2 aliphatic rings. The number of fused-ring (bicyclic) bond motifs is 1. The highest BCUT2D eigenvalue weighted by Gasteiger charge is 2.32. The normalized spacial score (nSPS) is 23.1. The largest absolute Gasteiger partial charge is 0.454 e. The number of rotatable bonds is 6. The summed E-state index contributed by atoms with van der Waals surface area (Å²) in [5, 5.41) is 3.73. The number of aryl methyl sites for hydroxylation is 2. The molecule has 3 heterocycles. The molecule has 6 heteroatoms. The average molecular weight is 343 g/mol. The summed E-state index contributed by atoms with van der Waals surface area (Å²) in [6.45, 7) is 3.35. The molecule has 25 heavy (non-hydrogen) atoms. The predicted octanol–water partition coefficient (Wildman–Crippen LogP) is 2.59. The third kappa shape index (κ3) is 3.50. The number of aromatic nitrogens is 2. The Labute approximate surface area is 148 Å². The van der Waals surface area contributed by atoms with Gasteiger partial charge in [0.15, 0.2) is 11.5 Å². The van der Waals surface area contributed by atoms with Gasteiger partial charge in [0.25, 0.3) is 0 Å². The number of imidazole rings is 1. The lowest BCUT2D eigenvalue weighted by molar-refractivity contribution is 0.0874. The SMILES string of the molecule is C[C@H](CCc1ccc2c(c1)OCO2)N[C@H]1CCO[C@@H]1c1nccn1C. The first-order chi connectivity index (χ1) is 12.2. The smallest absolute Gasteiger partial charge is 0.231 e. The van der Waals surface area contributed by atoms with Gasteiger partial charge in [0.1, 0.15) is 11.9 Å². The van der Waals surface area contributed by atoms with Crippen LogP contribution in [0.4, 0.5) is 0 Å². The molecule has 134 valence electrons. The molecule has 0 saturated carbocycles. The van der Waals surface area contributed by atoms with E-state index >= 15 is 0 Å². The summed E-state index contributed by atoms with van der Waals surface area (Å²) >= 11 is 0. The third-order valence-electron chi connectivity index (χ3n) is 5.01. The second-order valence-electron chi connectivity index (χ2n) is 6.88. The van der Waals surface area contributed by atoms with E-state index in [1.54, 1.807) is 0 Å². The van der Waals surface area contributed by atoms with Crippen molar-refractivity contribution in [3.63, 3.8) is 0 Å².